The highest BCUT2D eigenvalue weighted by molar-refractivity contribution is 9.10. The molecule has 0 radical (unpaired) electrons. The summed E-state index contributed by atoms with van der Waals surface area (Å²) in [7, 11) is 0. The van der Waals surface area contributed by atoms with Gasteiger partial charge in [-0.05, 0) is 52.9 Å². The van der Waals surface area contributed by atoms with Crippen molar-refractivity contribution in [2.24, 2.45) is 11.7 Å². The van der Waals surface area contributed by atoms with Crippen LogP contribution in [0, 0.1) is 11.7 Å². The molecule has 21 heavy (non-hydrogen) atoms. The molecule has 1 aliphatic carbocycles. The van der Waals surface area contributed by atoms with Crippen molar-refractivity contribution < 1.29 is 9.18 Å². The van der Waals surface area contributed by atoms with E-state index in [2.05, 4.69) is 21.2 Å². The number of carbonyl (C=O) groups excluding carboxylic acids is 1. The molecule has 0 aromatic heterocycles. The van der Waals surface area contributed by atoms with Crippen LogP contribution < -0.4 is 11.1 Å². The molecule has 6 heteroatoms. The second-order valence-corrected chi connectivity index (χ2v) is 6.19. The Bertz CT molecular complexity index is 481. The number of nitrogens with one attached hydrogen (secondary N) is 1. The summed E-state index contributed by atoms with van der Waals surface area (Å²) < 4.78 is 13.8. The number of nitrogens with two attached hydrogens (primary N) is 1. The van der Waals surface area contributed by atoms with E-state index in [9.17, 15) is 9.18 Å². The summed E-state index contributed by atoms with van der Waals surface area (Å²) in [6.07, 6.45) is 5.86. The van der Waals surface area contributed by atoms with Crippen LogP contribution in [-0.2, 0) is 0 Å². The van der Waals surface area contributed by atoms with E-state index in [0.29, 0.717) is 22.5 Å². The molecule has 0 saturated heterocycles. The smallest absolute Gasteiger partial charge is 0.252 e. The van der Waals surface area contributed by atoms with Gasteiger partial charge in [0.15, 0.2) is 0 Å². The van der Waals surface area contributed by atoms with E-state index in [1.165, 1.54) is 31.4 Å². The Morgan fingerprint density at radius 2 is 2.05 bits per heavy atom. The quantitative estimate of drug-likeness (QED) is 0.839. The van der Waals surface area contributed by atoms with Gasteiger partial charge in [-0.2, -0.15) is 0 Å². The fourth-order valence-corrected chi connectivity index (χ4v) is 3.25. The largest absolute Gasteiger partial charge is 0.348 e. The van der Waals surface area contributed by atoms with Crippen LogP contribution in [-0.4, -0.2) is 18.5 Å². The van der Waals surface area contributed by atoms with Crippen molar-refractivity contribution in [1.29, 1.82) is 0 Å². The molecule has 118 valence electrons. The predicted octanol–water partition coefficient (Wildman–Crippen LogP) is 3.65. The molecule has 1 fully saturated rings. The van der Waals surface area contributed by atoms with Crippen molar-refractivity contribution >= 4 is 34.2 Å². The number of halogens is 3. The van der Waals surface area contributed by atoms with E-state index in [4.69, 9.17) is 5.73 Å². The third-order valence-electron chi connectivity index (χ3n) is 3.96. The van der Waals surface area contributed by atoms with Crippen LogP contribution in [0.2, 0.25) is 0 Å². The van der Waals surface area contributed by atoms with Gasteiger partial charge in [0.25, 0.3) is 5.91 Å². The highest BCUT2D eigenvalue weighted by atomic mass is 79.9. The minimum atomic E-state index is -0.416. The standard InChI is InChI=1S/C15H20BrFN2O.ClH/c16-13-7-6-11(17)8-12(13)15(20)19-14(9-18)10-4-2-1-3-5-10;/h6-8,10,14H,1-5,9,18H2,(H,19,20);1H. The lowest BCUT2D eigenvalue weighted by Crippen LogP contribution is -2.46. The van der Waals surface area contributed by atoms with Gasteiger partial charge in [-0.25, -0.2) is 4.39 Å². The number of hydrogen-bond donors (Lipinski definition) is 2. The minimum absolute atomic E-state index is 0. The molecule has 0 bridgehead atoms. The third-order valence-corrected chi connectivity index (χ3v) is 4.65. The molecule has 1 aliphatic rings. The number of hydrogen-bond acceptors (Lipinski definition) is 2. The van der Waals surface area contributed by atoms with Gasteiger partial charge in [-0.15, -0.1) is 12.4 Å². The first-order valence-corrected chi connectivity index (χ1v) is 7.87. The molecule has 0 aliphatic heterocycles. The second-order valence-electron chi connectivity index (χ2n) is 5.34. The lowest BCUT2D eigenvalue weighted by Gasteiger charge is -2.30. The Morgan fingerprint density at radius 1 is 1.38 bits per heavy atom. The zero-order valence-electron chi connectivity index (χ0n) is 11.8. The lowest BCUT2D eigenvalue weighted by atomic mass is 9.84. The highest BCUT2D eigenvalue weighted by Crippen LogP contribution is 2.26. The fourth-order valence-electron chi connectivity index (χ4n) is 2.82. The monoisotopic (exact) mass is 378 g/mol. The summed E-state index contributed by atoms with van der Waals surface area (Å²) in [5, 5.41) is 2.96. The summed E-state index contributed by atoms with van der Waals surface area (Å²) in [4.78, 5) is 12.3. The van der Waals surface area contributed by atoms with Crippen LogP contribution in [0.1, 0.15) is 42.5 Å². The maximum atomic E-state index is 13.3. The molecule has 3 nitrogen and oxygen atoms in total. The van der Waals surface area contributed by atoms with E-state index in [1.54, 1.807) is 6.07 Å². The van der Waals surface area contributed by atoms with Crippen molar-refractivity contribution in [3.63, 3.8) is 0 Å². The molecule has 1 saturated carbocycles. The lowest BCUT2D eigenvalue weighted by molar-refractivity contribution is 0.0914. The van der Waals surface area contributed by atoms with Crippen molar-refractivity contribution in [3.8, 4) is 0 Å². The van der Waals surface area contributed by atoms with Gasteiger partial charge >= 0.3 is 0 Å². The van der Waals surface area contributed by atoms with Crippen LogP contribution in [0.5, 0.6) is 0 Å². The normalized spacial score (nSPS) is 16.9. The first-order chi connectivity index (χ1) is 9.61. The van der Waals surface area contributed by atoms with Gasteiger partial charge in [-0.1, -0.05) is 19.3 Å². The molecule has 3 N–H and O–H groups in total. The molecule has 2 rings (SSSR count). The summed E-state index contributed by atoms with van der Waals surface area (Å²) in [5.41, 5.74) is 6.12. The van der Waals surface area contributed by atoms with Gasteiger partial charge in [0.05, 0.1) is 5.56 Å². The molecule has 1 atom stereocenters. The second kappa shape index (κ2) is 8.71. The molecule has 1 amide bonds. The van der Waals surface area contributed by atoms with E-state index in [-0.39, 0.29) is 24.4 Å². The maximum Gasteiger partial charge on any atom is 0.252 e. The summed E-state index contributed by atoms with van der Waals surface area (Å²) in [5.74, 6) is -0.247. The molecular formula is C15H21BrClFN2O. The van der Waals surface area contributed by atoms with E-state index >= 15 is 0 Å². The maximum absolute atomic E-state index is 13.3. The first-order valence-electron chi connectivity index (χ1n) is 7.08. The predicted molar refractivity (Wildman–Crippen MR) is 88.2 cm³/mol. The Balaban J connectivity index is 0.00000220. The van der Waals surface area contributed by atoms with Crippen molar-refractivity contribution in [3.05, 3.63) is 34.1 Å². The summed E-state index contributed by atoms with van der Waals surface area (Å²) >= 11 is 3.28. The number of rotatable bonds is 4. The van der Waals surface area contributed by atoms with Crippen molar-refractivity contribution in [2.45, 2.75) is 38.1 Å². The molecule has 1 unspecified atom stereocenters. The number of carbonyl (C=O) groups is 1. The Morgan fingerprint density at radius 3 is 2.67 bits per heavy atom. The van der Waals surface area contributed by atoms with Gasteiger partial charge < -0.3 is 11.1 Å². The molecule has 0 heterocycles. The van der Waals surface area contributed by atoms with E-state index in [0.717, 1.165) is 12.8 Å². The van der Waals surface area contributed by atoms with E-state index < -0.39 is 5.82 Å². The highest BCUT2D eigenvalue weighted by Gasteiger charge is 2.25. The average Bonchev–Trinajstić information content (AvgIpc) is 2.48. The molecule has 1 aromatic carbocycles. The number of amides is 1. The van der Waals surface area contributed by atoms with Crippen molar-refractivity contribution in [2.75, 3.05) is 6.54 Å². The average molecular weight is 380 g/mol. The summed E-state index contributed by atoms with van der Waals surface area (Å²) in [6, 6.07) is 4.08. The molecule has 1 aromatic rings. The van der Waals surface area contributed by atoms with Crippen LogP contribution in [0.25, 0.3) is 0 Å². The molecule has 0 spiro atoms. The topological polar surface area (TPSA) is 55.1 Å². The van der Waals surface area contributed by atoms with Gasteiger partial charge in [-0.3, -0.25) is 4.79 Å². The van der Waals surface area contributed by atoms with Crippen molar-refractivity contribution in [1.82, 2.24) is 5.32 Å². The SMILES string of the molecule is Cl.NCC(NC(=O)c1cc(F)ccc1Br)C1CCCCC1. The first kappa shape index (κ1) is 18.4. The van der Waals surface area contributed by atoms with Gasteiger partial charge in [0.1, 0.15) is 5.82 Å². The summed E-state index contributed by atoms with van der Waals surface area (Å²) in [6.45, 7) is 0.420. The third kappa shape index (κ3) is 4.94. The Kier molecular flexibility index (Phi) is 7.63. The molecular weight excluding hydrogens is 359 g/mol. The van der Waals surface area contributed by atoms with Crippen LogP contribution in [0.4, 0.5) is 4.39 Å². The minimum Gasteiger partial charge on any atom is -0.348 e. The zero-order chi connectivity index (χ0) is 14.5. The zero-order valence-corrected chi connectivity index (χ0v) is 14.2. The number of benzene rings is 1. The Labute approximate surface area is 139 Å². The fraction of sp³-hybridized carbons (Fsp3) is 0.533. The van der Waals surface area contributed by atoms with Crippen LogP contribution in [0.3, 0.4) is 0 Å². The Hall–Kier alpha value is -0.650. The van der Waals surface area contributed by atoms with Crippen LogP contribution in [0.15, 0.2) is 22.7 Å². The van der Waals surface area contributed by atoms with E-state index in [1.807, 2.05) is 0 Å². The van der Waals surface area contributed by atoms with Gasteiger partial charge in [0, 0.05) is 17.1 Å². The van der Waals surface area contributed by atoms with Crippen LogP contribution >= 0.6 is 28.3 Å². The van der Waals surface area contributed by atoms with Gasteiger partial charge in [0.2, 0.25) is 0 Å².